The lowest BCUT2D eigenvalue weighted by Crippen LogP contribution is -2.01. The first-order valence-electron chi connectivity index (χ1n) is 8.76. The maximum atomic E-state index is 10.2. The molecule has 4 heteroatoms. The van der Waals surface area contributed by atoms with Crippen LogP contribution in [-0.4, -0.2) is 12.2 Å². The second kappa shape index (κ2) is 8.81. The molecule has 0 saturated carbocycles. The minimum absolute atomic E-state index is 0.170. The van der Waals surface area contributed by atoms with Gasteiger partial charge in [0.1, 0.15) is 11.5 Å². The molecule has 0 spiro atoms. The fourth-order valence-corrected chi connectivity index (χ4v) is 2.77. The second-order valence-electron chi connectivity index (χ2n) is 6.09. The molecular formula is C23H23NO3. The predicted octanol–water partition coefficient (Wildman–Crippen LogP) is 5.53. The summed E-state index contributed by atoms with van der Waals surface area (Å²) in [5, 5.41) is 13.5. The Kier molecular flexibility index (Phi) is 6.00. The Hall–Kier alpha value is -3.40. The summed E-state index contributed by atoms with van der Waals surface area (Å²) in [7, 11) is 1.55. The average molecular weight is 361 g/mol. The van der Waals surface area contributed by atoms with E-state index in [1.54, 1.807) is 13.2 Å². The van der Waals surface area contributed by atoms with Gasteiger partial charge in [0.25, 0.3) is 0 Å². The highest BCUT2D eigenvalue weighted by Crippen LogP contribution is 2.32. The van der Waals surface area contributed by atoms with Crippen LogP contribution in [-0.2, 0) is 13.0 Å². The van der Waals surface area contributed by atoms with Crippen molar-refractivity contribution >= 4 is 5.69 Å². The van der Waals surface area contributed by atoms with Gasteiger partial charge >= 0.3 is 0 Å². The lowest BCUT2D eigenvalue weighted by molar-refractivity contribution is 0.370. The summed E-state index contributed by atoms with van der Waals surface area (Å²) < 4.78 is 11.1. The highest BCUT2D eigenvalue weighted by atomic mass is 16.5. The zero-order valence-electron chi connectivity index (χ0n) is 15.3. The van der Waals surface area contributed by atoms with Crippen LogP contribution in [0.4, 0.5) is 5.69 Å². The Labute approximate surface area is 159 Å². The quantitative estimate of drug-likeness (QED) is 0.518. The van der Waals surface area contributed by atoms with Crippen LogP contribution in [0.2, 0.25) is 0 Å². The minimum Gasteiger partial charge on any atom is -0.504 e. The van der Waals surface area contributed by atoms with Crippen molar-refractivity contribution in [3.05, 3.63) is 90.5 Å². The third kappa shape index (κ3) is 4.82. The van der Waals surface area contributed by atoms with Gasteiger partial charge in [-0.1, -0.05) is 24.3 Å². The first kappa shape index (κ1) is 18.4. The van der Waals surface area contributed by atoms with Crippen molar-refractivity contribution in [2.75, 3.05) is 12.4 Å². The van der Waals surface area contributed by atoms with E-state index in [0.717, 1.165) is 28.3 Å². The monoisotopic (exact) mass is 361 g/mol. The largest absolute Gasteiger partial charge is 0.504 e. The number of hydrogen-bond donors (Lipinski definition) is 2. The number of aromatic hydroxyl groups is 1. The van der Waals surface area contributed by atoms with Crippen LogP contribution in [0.5, 0.6) is 23.0 Å². The van der Waals surface area contributed by atoms with Gasteiger partial charge in [0.2, 0.25) is 0 Å². The van der Waals surface area contributed by atoms with Gasteiger partial charge in [0.05, 0.1) is 7.11 Å². The van der Waals surface area contributed by atoms with E-state index in [9.17, 15) is 5.11 Å². The molecule has 0 saturated heterocycles. The van der Waals surface area contributed by atoms with E-state index in [2.05, 4.69) is 11.9 Å². The number of ether oxygens (including phenoxy) is 2. The number of methoxy groups -OCH3 is 1. The molecule has 2 N–H and O–H groups in total. The van der Waals surface area contributed by atoms with E-state index in [-0.39, 0.29) is 5.75 Å². The summed E-state index contributed by atoms with van der Waals surface area (Å²) in [6, 6.07) is 21.3. The number of nitrogens with one attached hydrogen (secondary N) is 1. The van der Waals surface area contributed by atoms with E-state index >= 15 is 0 Å². The summed E-state index contributed by atoms with van der Waals surface area (Å²) >= 11 is 0. The van der Waals surface area contributed by atoms with E-state index < -0.39 is 0 Å². The van der Waals surface area contributed by atoms with Gasteiger partial charge in [0.15, 0.2) is 11.5 Å². The van der Waals surface area contributed by atoms with E-state index in [4.69, 9.17) is 9.47 Å². The van der Waals surface area contributed by atoms with Crippen molar-refractivity contribution in [2.24, 2.45) is 0 Å². The number of phenols is 1. The number of hydrogen-bond acceptors (Lipinski definition) is 4. The van der Waals surface area contributed by atoms with Gasteiger partial charge in [-0.2, -0.15) is 0 Å². The molecule has 3 rings (SSSR count). The standard InChI is InChI=1S/C23H23NO3/c1-3-7-18-14-17(15-22(26-2)23(18)25)16-24-19-10-12-21(13-11-19)27-20-8-5-4-6-9-20/h3-6,8-15,24-25H,1,7,16H2,2H3. The van der Waals surface area contributed by atoms with Crippen LogP contribution < -0.4 is 14.8 Å². The normalized spacial score (nSPS) is 10.3. The fraction of sp³-hybridized carbons (Fsp3) is 0.130. The zero-order valence-corrected chi connectivity index (χ0v) is 15.3. The highest BCUT2D eigenvalue weighted by molar-refractivity contribution is 5.51. The van der Waals surface area contributed by atoms with Crippen LogP contribution in [0, 0.1) is 0 Å². The molecule has 0 aliphatic carbocycles. The number of para-hydroxylation sites is 1. The molecule has 0 heterocycles. The summed E-state index contributed by atoms with van der Waals surface area (Å²) in [6.45, 7) is 4.35. The molecule has 0 fully saturated rings. The molecule has 27 heavy (non-hydrogen) atoms. The van der Waals surface area contributed by atoms with Crippen molar-refractivity contribution < 1.29 is 14.6 Å². The van der Waals surface area contributed by atoms with E-state index in [1.807, 2.05) is 66.7 Å². The first-order valence-corrected chi connectivity index (χ1v) is 8.76. The van der Waals surface area contributed by atoms with Crippen molar-refractivity contribution in [3.63, 3.8) is 0 Å². The maximum Gasteiger partial charge on any atom is 0.161 e. The third-order valence-corrected chi connectivity index (χ3v) is 4.13. The number of anilines is 1. The van der Waals surface area contributed by atoms with Gasteiger partial charge in [-0.3, -0.25) is 0 Å². The average Bonchev–Trinajstić information content (AvgIpc) is 2.70. The first-order chi connectivity index (χ1) is 13.2. The van der Waals surface area contributed by atoms with Crippen molar-refractivity contribution in [1.29, 1.82) is 0 Å². The molecule has 0 unspecified atom stereocenters. The van der Waals surface area contributed by atoms with Crippen LogP contribution >= 0.6 is 0 Å². The lowest BCUT2D eigenvalue weighted by Gasteiger charge is -2.13. The van der Waals surface area contributed by atoms with Crippen LogP contribution in [0.3, 0.4) is 0 Å². The molecule has 3 aromatic carbocycles. The van der Waals surface area contributed by atoms with Crippen LogP contribution in [0.25, 0.3) is 0 Å². The summed E-state index contributed by atoms with van der Waals surface area (Å²) in [5.74, 6) is 2.23. The molecule has 0 amide bonds. The van der Waals surface area contributed by atoms with Crippen LogP contribution in [0.1, 0.15) is 11.1 Å². The number of rotatable bonds is 8. The molecule has 0 bridgehead atoms. The van der Waals surface area contributed by atoms with Crippen molar-refractivity contribution in [3.8, 4) is 23.0 Å². The summed E-state index contributed by atoms with van der Waals surface area (Å²) in [5.41, 5.74) is 2.80. The highest BCUT2D eigenvalue weighted by Gasteiger charge is 2.09. The Bertz CT molecular complexity index is 890. The van der Waals surface area contributed by atoms with Gasteiger partial charge in [0, 0.05) is 17.8 Å². The number of allylic oxidation sites excluding steroid dienone is 1. The zero-order chi connectivity index (χ0) is 19.1. The smallest absolute Gasteiger partial charge is 0.161 e. The molecule has 138 valence electrons. The predicted molar refractivity (Wildman–Crippen MR) is 109 cm³/mol. The lowest BCUT2D eigenvalue weighted by atomic mass is 10.1. The maximum absolute atomic E-state index is 10.2. The molecule has 0 aliphatic rings. The van der Waals surface area contributed by atoms with E-state index in [1.165, 1.54) is 0 Å². The second-order valence-corrected chi connectivity index (χ2v) is 6.09. The SMILES string of the molecule is C=CCc1cc(CNc2ccc(Oc3ccccc3)cc2)cc(OC)c1O. The molecular weight excluding hydrogens is 338 g/mol. The minimum atomic E-state index is 0.170. The van der Waals surface area contributed by atoms with Gasteiger partial charge in [-0.05, 0) is 60.5 Å². The summed E-state index contributed by atoms with van der Waals surface area (Å²) in [4.78, 5) is 0. The third-order valence-electron chi connectivity index (χ3n) is 4.13. The Morgan fingerprint density at radius 1 is 1.00 bits per heavy atom. The summed E-state index contributed by atoms with van der Waals surface area (Å²) in [6.07, 6.45) is 2.35. The molecule has 3 aromatic rings. The van der Waals surface area contributed by atoms with Gasteiger partial charge in [-0.15, -0.1) is 6.58 Å². The van der Waals surface area contributed by atoms with E-state index in [0.29, 0.717) is 18.7 Å². The molecule has 0 radical (unpaired) electrons. The van der Waals surface area contributed by atoms with Crippen molar-refractivity contribution in [1.82, 2.24) is 0 Å². The molecule has 0 aromatic heterocycles. The topological polar surface area (TPSA) is 50.7 Å². The van der Waals surface area contributed by atoms with Crippen LogP contribution in [0.15, 0.2) is 79.4 Å². The number of phenolic OH excluding ortho intramolecular Hbond substituents is 1. The fourth-order valence-electron chi connectivity index (χ4n) is 2.77. The molecule has 4 nitrogen and oxygen atoms in total. The Morgan fingerprint density at radius 2 is 1.70 bits per heavy atom. The molecule has 0 atom stereocenters. The molecule has 0 aliphatic heterocycles. The number of benzene rings is 3. The van der Waals surface area contributed by atoms with Gasteiger partial charge in [-0.25, -0.2) is 0 Å². The Balaban J connectivity index is 1.66. The Morgan fingerprint density at radius 3 is 2.37 bits per heavy atom. The van der Waals surface area contributed by atoms with Crippen molar-refractivity contribution in [2.45, 2.75) is 13.0 Å². The van der Waals surface area contributed by atoms with Gasteiger partial charge < -0.3 is 19.9 Å².